The van der Waals surface area contributed by atoms with E-state index in [1.807, 2.05) is 0 Å². The smallest absolute Gasteiger partial charge is 0.351 e. The van der Waals surface area contributed by atoms with Crippen LogP contribution in [0.4, 0.5) is 14.6 Å². The predicted octanol–water partition coefficient (Wildman–Crippen LogP) is 0.846. The highest BCUT2D eigenvalue weighted by molar-refractivity contribution is 14.1. The summed E-state index contributed by atoms with van der Waals surface area (Å²) in [5.41, 5.74) is 4.43. The van der Waals surface area contributed by atoms with Crippen molar-refractivity contribution < 1.29 is 32.6 Å². The summed E-state index contributed by atoms with van der Waals surface area (Å²) in [4.78, 5) is 37.9. The summed E-state index contributed by atoms with van der Waals surface area (Å²) >= 11 is 1.72. The summed E-state index contributed by atoms with van der Waals surface area (Å²) < 4.78 is 45.5. The van der Waals surface area contributed by atoms with Crippen LogP contribution in [-0.2, 0) is 23.8 Å². The SMILES string of the molecule is CC(=O)O[C@@H](C)[C@H]1O[C@@H](n2cc(I)c(N)nc2=O)C(F)(F)[C@@H]1OC(C)=O. The van der Waals surface area contributed by atoms with Gasteiger partial charge in [0, 0.05) is 20.0 Å². The number of ether oxygens (including phenoxy) is 3. The maximum atomic E-state index is 14.9. The van der Waals surface area contributed by atoms with E-state index in [1.54, 1.807) is 22.6 Å². The third-order valence-corrected chi connectivity index (χ3v) is 4.42. The third-order valence-electron chi connectivity index (χ3n) is 3.59. The van der Waals surface area contributed by atoms with E-state index in [0.29, 0.717) is 4.57 Å². The van der Waals surface area contributed by atoms with Crippen LogP contribution in [0, 0.1) is 3.57 Å². The molecular formula is C14H16F2IN3O6. The Morgan fingerprint density at radius 1 is 1.42 bits per heavy atom. The third kappa shape index (κ3) is 3.95. The summed E-state index contributed by atoms with van der Waals surface area (Å²) in [5.74, 6) is -5.61. The second-order valence-electron chi connectivity index (χ2n) is 5.64. The Bertz CT molecular complexity index is 786. The van der Waals surface area contributed by atoms with Gasteiger partial charge in [0.05, 0.1) is 3.57 Å². The number of esters is 2. The van der Waals surface area contributed by atoms with Gasteiger partial charge in [-0.1, -0.05) is 0 Å². The number of nitrogens with two attached hydrogens (primary N) is 1. The summed E-state index contributed by atoms with van der Waals surface area (Å²) in [5, 5.41) is 0. The van der Waals surface area contributed by atoms with Gasteiger partial charge >= 0.3 is 23.6 Å². The van der Waals surface area contributed by atoms with Crippen molar-refractivity contribution in [3.05, 3.63) is 20.3 Å². The number of nitrogen functional groups attached to an aromatic ring is 1. The summed E-state index contributed by atoms with van der Waals surface area (Å²) in [7, 11) is 0. The van der Waals surface area contributed by atoms with Gasteiger partial charge in [-0.25, -0.2) is 4.79 Å². The highest BCUT2D eigenvalue weighted by Gasteiger charge is 2.64. The van der Waals surface area contributed by atoms with Crippen molar-refractivity contribution in [2.45, 2.75) is 51.2 Å². The van der Waals surface area contributed by atoms with Crippen LogP contribution in [0.15, 0.2) is 11.0 Å². The van der Waals surface area contributed by atoms with Crippen molar-refractivity contribution in [1.82, 2.24) is 9.55 Å². The molecule has 0 aromatic carbocycles. The second-order valence-corrected chi connectivity index (χ2v) is 6.80. The molecule has 1 aliphatic rings. The first-order valence-corrected chi connectivity index (χ1v) is 8.45. The monoisotopic (exact) mass is 487 g/mol. The van der Waals surface area contributed by atoms with Crippen LogP contribution in [-0.4, -0.2) is 45.7 Å². The topological polar surface area (TPSA) is 123 Å². The molecule has 2 heterocycles. The molecule has 0 aliphatic carbocycles. The van der Waals surface area contributed by atoms with Crippen LogP contribution >= 0.6 is 22.6 Å². The van der Waals surface area contributed by atoms with Crippen molar-refractivity contribution in [3.63, 3.8) is 0 Å². The molecular weight excluding hydrogens is 471 g/mol. The lowest BCUT2D eigenvalue weighted by Gasteiger charge is -2.25. The van der Waals surface area contributed by atoms with E-state index < -0.39 is 48.1 Å². The van der Waals surface area contributed by atoms with Crippen molar-refractivity contribution in [2.24, 2.45) is 0 Å². The molecule has 26 heavy (non-hydrogen) atoms. The first-order valence-electron chi connectivity index (χ1n) is 7.37. The molecule has 1 fully saturated rings. The molecule has 1 saturated heterocycles. The van der Waals surface area contributed by atoms with Crippen molar-refractivity contribution in [3.8, 4) is 0 Å². The minimum Gasteiger partial charge on any atom is -0.460 e. The van der Waals surface area contributed by atoms with Crippen LogP contribution in [0.5, 0.6) is 0 Å². The van der Waals surface area contributed by atoms with E-state index in [4.69, 9.17) is 19.9 Å². The Morgan fingerprint density at radius 2 is 2.04 bits per heavy atom. The number of alkyl halides is 2. The van der Waals surface area contributed by atoms with Crippen LogP contribution in [0.25, 0.3) is 0 Å². The Balaban J connectivity index is 2.48. The van der Waals surface area contributed by atoms with Gasteiger partial charge in [0.2, 0.25) is 6.23 Å². The van der Waals surface area contributed by atoms with Gasteiger partial charge in [-0.2, -0.15) is 13.8 Å². The zero-order valence-corrected chi connectivity index (χ0v) is 16.1. The number of carbonyl (C=O) groups excluding carboxylic acids is 2. The van der Waals surface area contributed by atoms with Gasteiger partial charge in [-0.15, -0.1) is 0 Å². The van der Waals surface area contributed by atoms with Gasteiger partial charge in [0.1, 0.15) is 18.0 Å². The van der Waals surface area contributed by atoms with Crippen LogP contribution in [0.3, 0.4) is 0 Å². The molecule has 0 amide bonds. The zero-order chi connectivity index (χ0) is 19.8. The van der Waals surface area contributed by atoms with Crippen LogP contribution in [0.2, 0.25) is 0 Å². The number of aromatic nitrogens is 2. The van der Waals surface area contributed by atoms with E-state index in [-0.39, 0.29) is 9.39 Å². The number of anilines is 1. The summed E-state index contributed by atoms with van der Waals surface area (Å²) in [6, 6.07) is 0. The molecule has 0 saturated carbocycles. The molecule has 9 nitrogen and oxygen atoms in total. The normalized spacial score (nSPS) is 25.5. The zero-order valence-electron chi connectivity index (χ0n) is 13.9. The molecule has 0 radical (unpaired) electrons. The van der Waals surface area contributed by atoms with Crippen LogP contribution in [0.1, 0.15) is 27.0 Å². The lowest BCUT2D eigenvalue weighted by atomic mass is 10.1. The maximum absolute atomic E-state index is 14.9. The average Bonchev–Trinajstić information content (AvgIpc) is 2.74. The highest BCUT2D eigenvalue weighted by Crippen LogP contribution is 2.45. The highest BCUT2D eigenvalue weighted by atomic mass is 127. The lowest BCUT2D eigenvalue weighted by Crippen LogP contribution is -2.46. The number of hydrogen-bond acceptors (Lipinski definition) is 8. The molecule has 1 aliphatic heterocycles. The standard InChI is InChI=1S/C14H16F2IN3O6/c1-5(24-6(2)21)9-10(25-7(3)22)14(15,16)12(26-9)20-4-8(17)11(18)19-13(20)23/h4-5,9-10,12H,1-3H3,(H2,18,19,23)/t5-,9+,10+,12+/m0/s1. The van der Waals surface area contributed by atoms with Gasteiger partial charge in [0.25, 0.3) is 0 Å². The van der Waals surface area contributed by atoms with Gasteiger partial charge < -0.3 is 19.9 Å². The fourth-order valence-corrected chi connectivity index (χ4v) is 2.98. The van der Waals surface area contributed by atoms with Crippen molar-refractivity contribution in [2.75, 3.05) is 5.73 Å². The van der Waals surface area contributed by atoms with Crippen LogP contribution < -0.4 is 11.4 Å². The maximum Gasteiger partial charge on any atom is 0.351 e. The largest absolute Gasteiger partial charge is 0.460 e. The number of nitrogens with zero attached hydrogens (tertiary/aromatic N) is 2. The number of halogens is 3. The first kappa shape index (κ1) is 20.5. The predicted molar refractivity (Wildman–Crippen MR) is 91.3 cm³/mol. The lowest BCUT2D eigenvalue weighted by molar-refractivity contribution is -0.176. The molecule has 4 atom stereocenters. The number of rotatable bonds is 4. The molecule has 2 N–H and O–H groups in total. The minimum absolute atomic E-state index is 0.116. The minimum atomic E-state index is -3.80. The Labute approximate surface area is 159 Å². The van der Waals surface area contributed by atoms with E-state index in [1.165, 1.54) is 6.92 Å². The molecule has 0 unspecified atom stereocenters. The summed E-state index contributed by atoms with van der Waals surface area (Å²) in [6.07, 6.45) is -5.78. The molecule has 0 bridgehead atoms. The molecule has 12 heteroatoms. The van der Waals surface area contributed by atoms with E-state index in [2.05, 4.69) is 4.98 Å². The van der Waals surface area contributed by atoms with E-state index >= 15 is 0 Å². The van der Waals surface area contributed by atoms with Gasteiger partial charge in [-0.05, 0) is 29.5 Å². The average molecular weight is 487 g/mol. The Hall–Kier alpha value is -1.83. The Morgan fingerprint density at radius 3 is 2.58 bits per heavy atom. The van der Waals surface area contributed by atoms with Gasteiger partial charge in [0.15, 0.2) is 6.10 Å². The second kappa shape index (κ2) is 7.42. The number of hydrogen-bond donors (Lipinski definition) is 1. The van der Waals surface area contributed by atoms with Crippen molar-refractivity contribution in [1.29, 1.82) is 0 Å². The fraction of sp³-hybridized carbons (Fsp3) is 0.571. The van der Waals surface area contributed by atoms with Gasteiger partial charge in [-0.3, -0.25) is 14.2 Å². The summed E-state index contributed by atoms with van der Waals surface area (Å²) in [6.45, 7) is 3.37. The molecule has 2 rings (SSSR count). The fourth-order valence-electron chi connectivity index (χ4n) is 2.56. The van der Waals surface area contributed by atoms with E-state index in [0.717, 1.165) is 20.0 Å². The molecule has 1 aromatic heterocycles. The molecule has 0 spiro atoms. The van der Waals surface area contributed by atoms with E-state index in [9.17, 15) is 23.2 Å². The quantitative estimate of drug-likeness (QED) is 0.490. The number of carbonyl (C=O) groups is 2. The molecule has 1 aromatic rings. The Kier molecular flexibility index (Phi) is 5.85. The van der Waals surface area contributed by atoms with Crippen molar-refractivity contribution >= 4 is 40.3 Å². The first-order chi connectivity index (χ1) is 11.9. The molecule has 144 valence electrons.